The molecule has 26 heavy (non-hydrogen) atoms. The maximum atomic E-state index is 13.1. The van der Waals surface area contributed by atoms with Gasteiger partial charge < -0.3 is 14.7 Å². The van der Waals surface area contributed by atoms with E-state index in [1.54, 1.807) is 13.0 Å². The minimum Gasteiger partial charge on any atom is -0.360 e. The van der Waals surface area contributed by atoms with Crippen molar-refractivity contribution in [2.24, 2.45) is 5.92 Å². The van der Waals surface area contributed by atoms with E-state index in [0.717, 1.165) is 44.6 Å². The first-order valence-electron chi connectivity index (χ1n) is 8.83. The fourth-order valence-electron chi connectivity index (χ4n) is 3.31. The van der Waals surface area contributed by atoms with Gasteiger partial charge in [0.2, 0.25) is 0 Å². The largest absolute Gasteiger partial charge is 0.360 e. The summed E-state index contributed by atoms with van der Waals surface area (Å²) < 4.78 is 5.33. The third kappa shape index (κ3) is 4.40. The Balaban J connectivity index is 0.00000243. The second-order valence-electron chi connectivity index (χ2n) is 6.49. The lowest BCUT2D eigenvalue weighted by Crippen LogP contribution is -2.41. The van der Waals surface area contributed by atoms with Crippen molar-refractivity contribution in [2.75, 3.05) is 26.2 Å². The van der Waals surface area contributed by atoms with Crippen LogP contribution in [0, 0.1) is 12.8 Å². The number of hydrogen-bond donors (Lipinski definition) is 1. The third-order valence-electron chi connectivity index (χ3n) is 4.79. The first-order valence-corrected chi connectivity index (χ1v) is 9.20. The van der Waals surface area contributed by atoms with E-state index >= 15 is 0 Å². The lowest BCUT2D eigenvalue weighted by atomic mass is 9.95. The predicted molar refractivity (Wildman–Crippen MR) is 106 cm³/mol. The predicted octanol–water partition coefficient (Wildman–Crippen LogP) is 4.19. The van der Waals surface area contributed by atoms with E-state index < -0.39 is 0 Å². The van der Waals surface area contributed by atoms with E-state index in [1.807, 2.05) is 23.1 Å². The summed E-state index contributed by atoms with van der Waals surface area (Å²) in [6.07, 6.45) is 2.04. The van der Waals surface area contributed by atoms with E-state index in [2.05, 4.69) is 17.4 Å². The van der Waals surface area contributed by atoms with E-state index in [1.165, 1.54) is 0 Å². The van der Waals surface area contributed by atoms with Gasteiger partial charge in [-0.15, -0.1) is 12.4 Å². The fourth-order valence-corrected chi connectivity index (χ4v) is 3.53. The highest BCUT2D eigenvalue weighted by Gasteiger charge is 2.29. The third-order valence-corrected chi connectivity index (χ3v) is 5.12. The molecule has 0 saturated carbocycles. The van der Waals surface area contributed by atoms with E-state index in [0.29, 0.717) is 28.0 Å². The number of halogens is 2. The van der Waals surface area contributed by atoms with Crippen molar-refractivity contribution in [2.45, 2.75) is 26.7 Å². The highest BCUT2D eigenvalue weighted by atomic mass is 35.5. The van der Waals surface area contributed by atoms with Gasteiger partial charge in [0.15, 0.2) is 0 Å². The molecule has 0 radical (unpaired) electrons. The highest BCUT2D eigenvalue weighted by Crippen LogP contribution is 2.32. The number of carbonyl (C=O) groups is 1. The number of likely N-dealkylation sites (tertiary alicyclic amines) is 1. The average Bonchev–Trinajstić information content (AvgIpc) is 3.01. The number of hydrogen-bond acceptors (Lipinski definition) is 4. The van der Waals surface area contributed by atoms with Gasteiger partial charge in [0.05, 0.1) is 5.02 Å². The molecule has 1 aliphatic rings. The van der Waals surface area contributed by atoms with Crippen LogP contribution in [0.5, 0.6) is 0 Å². The number of nitrogens with one attached hydrogen (secondary N) is 1. The Labute approximate surface area is 165 Å². The lowest BCUT2D eigenvalue weighted by molar-refractivity contribution is 0.0689. The number of benzene rings is 1. The number of piperidine rings is 1. The Kier molecular flexibility index (Phi) is 7.50. The van der Waals surface area contributed by atoms with Crippen LogP contribution < -0.4 is 5.32 Å². The summed E-state index contributed by atoms with van der Waals surface area (Å²) in [7, 11) is 0. The summed E-state index contributed by atoms with van der Waals surface area (Å²) in [6, 6.07) is 7.39. The van der Waals surface area contributed by atoms with Crippen LogP contribution in [0.2, 0.25) is 5.02 Å². The molecule has 1 aliphatic heterocycles. The Morgan fingerprint density at radius 2 is 2.04 bits per heavy atom. The molecule has 0 bridgehead atoms. The van der Waals surface area contributed by atoms with Gasteiger partial charge in [-0.1, -0.05) is 41.9 Å². The molecule has 0 unspecified atom stereocenters. The summed E-state index contributed by atoms with van der Waals surface area (Å²) >= 11 is 6.28. The van der Waals surface area contributed by atoms with Crippen LogP contribution in [0.4, 0.5) is 0 Å². The molecule has 142 valence electrons. The summed E-state index contributed by atoms with van der Waals surface area (Å²) in [5, 5.41) is 8.06. The van der Waals surface area contributed by atoms with Gasteiger partial charge in [-0.05, 0) is 44.8 Å². The Morgan fingerprint density at radius 3 is 2.69 bits per heavy atom. The molecule has 7 heteroatoms. The number of rotatable bonds is 5. The van der Waals surface area contributed by atoms with Crippen LogP contribution >= 0.6 is 24.0 Å². The fraction of sp³-hybridized carbons (Fsp3) is 0.474. The van der Waals surface area contributed by atoms with Crippen LogP contribution in [0.3, 0.4) is 0 Å². The smallest absolute Gasteiger partial charge is 0.259 e. The molecule has 0 atom stereocenters. The normalized spacial score (nSPS) is 15.0. The number of carbonyl (C=O) groups excluding carboxylic acids is 1. The van der Waals surface area contributed by atoms with Crippen molar-refractivity contribution in [3.05, 3.63) is 40.6 Å². The Morgan fingerprint density at radius 1 is 1.35 bits per heavy atom. The van der Waals surface area contributed by atoms with Crippen LogP contribution in [0.1, 0.15) is 35.9 Å². The maximum absolute atomic E-state index is 13.1. The zero-order valence-electron chi connectivity index (χ0n) is 15.1. The van der Waals surface area contributed by atoms with Gasteiger partial charge in [0.25, 0.3) is 5.91 Å². The molecule has 1 amide bonds. The molecule has 2 heterocycles. The summed E-state index contributed by atoms with van der Waals surface area (Å²) in [4.78, 5) is 15.0. The highest BCUT2D eigenvalue weighted by molar-refractivity contribution is 6.33. The van der Waals surface area contributed by atoms with Crippen molar-refractivity contribution in [3.63, 3.8) is 0 Å². The second-order valence-corrected chi connectivity index (χ2v) is 6.89. The summed E-state index contributed by atoms with van der Waals surface area (Å²) in [5.41, 5.74) is 1.78. The zero-order valence-corrected chi connectivity index (χ0v) is 16.7. The van der Waals surface area contributed by atoms with Gasteiger partial charge in [0.1, 0.15) is 17.0 Å². The minimum atomic E-state index is -0.0180. The van der Waals surface area contributed by atoms with E-state index in [-0.39, 0.29) is 18.3 Å². The number of amides is 1. The topological polar surface area (TPSA) is 58.4 Å². The van der Waals surface area contributed by atoms with Crippen molar-refractivity contribution in [1.82, 2.24) is 15.4 Å². The molecule has 5 nitrogen and oxygen atoms in total. The summed E-state index contributed by atoms with van der Waals surface area (Å²) in [6.45, 7) is 7.43. The molecule has 0 aliphatic carbocycles. The van der Waals surface area contributed by atoms with Crippen molar-refractivity contribution < 1.29 is 9.32 Å². The van der Waals surface area contributed by atoms with Crippen LogP contribution in [0.25, 0.3) is 11.3 Å². The van der Waals surface area contributed by atoms with Gasteiger partial charge >= 0.3 is 0 Å². The molecular weight excluding hydrogens is 373 g/mol. The molecule has 1 aromatic heterocycles. The lowest BCUT2D eigenvalue weighted by Gasteiger charge is -2.32. The first-order chi connectivity index (χ1) is 12.1. The number of aryl methyl sites for hydroxylation is 1. The molecule has 1 N–H and O–H groups in total. The molecule has 0 spiro atoms. The van der Waals surface area contributed by atoms with Gasteiger partial charge in [0, 0.05) is 18.7 Å². The Hall–Kier alpha value is -1.56. The molecule has 2 aromatic rings. The van der Waals surface area contributed by atoms with Crippen LogP contribution in [-0.4, -0.2) is 42.1 Å². The molecular formula is C19H25Cl2N3O2. The minimum absolute atomic E-state index is 0. The quantitative estimate of drug-likeness (QED) is 0.821. The molecule has 1 fully saturated rings. The standard InChI is InChI=1S/C19H24ClN3O2.ClH/c1-3-21-12-14-8-10-23(11-9-14)19(24)17-13(2)25-22-18(17)15-6-4-5-7-16(15)20;/h4-7,14,21H,3,8-12H2,1-2H3;1H. The Bertz CT molecular complexity index is 740. The first kappa shape index (κ1) is 20.7. The van der Waals surface area contributed by atoms with Crippen LogP contribution in [-0.2, 0) is 0 Å². The monoisotopic (exact) mass is 397 g/mol. The SMILES string of the molecule is CCNCC1CCN(C(=O)c2c(-c3ccccc3Cl)noc2C)CC1.Cl. The number of nitrogens with zero attached hydrogens (tertiary/aromatic N) is 2. The molecule has 1 aromatic carbocycles. The average molecular weight is 398 g/mol. The zero-order chi connectivity index (χ0) is 17.8. The molecule has 3 rings (SSSR count). The maximum Gasteiger partial charge on any atom is 0.259 e. The van der Waals surface area contributed by atoms with Crippen molar-refractivity contribution in [3.8, 4) is 11.3 Å². The van der Waals surface area contributed by atoms with Crippen molar-refractivity contribution in [1.29, 1.82) is 0 Å². The summed E-state index contributed by atoms with van der Waals surface area (Å²) in [5.74, 6) is 1.15. The van der Waals surface area contributed by atoms with Crippen molar-refractivity contribution >= 4 is 29.9 Å². The molecule has 1 saturated heterocycles. The van der Waals surface area contributed by atoms with Crippen LogP contribution in [0.15, 0.2) is 28.8 Å². The van der Waals surface area contributed by atoms with Gasteiger partial charge in [-0.25, -0.2) is 0 Å². The van der Waals surface area contributed by atoms with Gasteiger partial charge in [-0.3, -0.25) is 4.79 Å². The second kappa shape index (κ2) is 9.40. The van der Waals surface area contributed by atoms with Gasteiger partial charge in [-0.2, -0.15) is 0 Å². The van der Waals surface area contributed by atoms with E-state index in [4.69, 9.17) is 16.1 Å². The van der Waals surface area contributed by atoms with E-state index in [9.17, 15) is 4.79 Å². The number of aromatic nitrogens is 1.